The average Bonchev–Trinajstić information content (AvgIpc) is 1.61. The van der Waals surface area contributed by atoms with Gasteiger partial charge in [-0.05, 0) is 18.5 Å². The molecule has 0 aliphatic heterocycles. The summed E-state index contributed by atoms with van der Waals surface area (Å²) in [6, 6.07) is 0. The van der Waals surface area contributed by atoms with E-state index in [0.29, 0.717) is 0 Å². The smallest absolute Gasteiger partial charge is 0.190 e. The van der Waals surface area contributed by atoms with E-state index in [4.69, 9.17) is 0 Å². The third-order valence-corrected chi connectivity index (χ3v) is 0.622. The molecule has 0 N–H and O–H groups in total. The Morgan fingerprint density at radius 2 is 2.50 bits per heavy atom. The van der Waals surface area contributed by atoms with Crippen LogP contribution in [-0.4, -0.2) is 11.8 Å². The first-order chi connectivity index (χ1) is 2.91. The molecule has 0 unspecified atom stereocenters. The standard InChI is InChI=1S/C3H5OS2/c1-6-3-4-2-5/h2-3H,1H3. The lowest BCUT2D eigenvalue weighted by molar-refractivity contribution is 0.479. The van der Waals surface area contributed by atoms with E-state index in [-0.39, 0.29) is 0 Å². The van der Waals surface area contributed by atoms with E-state index in [1.54, 1.807) is 5.94 Å². The first kappa shape index (κ1) is 6.24. The summed E-state index contributed by atoms with van der Waals surface area (Å²) in [5.74, 6) is 1.56. The highest BCUT2D eigenvalue weighted by Crippen LogP contribution is 1.95. The molecular weight excluding hydrogens is 116 g/mol. The second kappa shape index (κ2) is 5.24. The third kappa shape index (κ3) is 4.24. The van der Waals surface area contributed by atoms with Crippen molar-refractivity contribution < 1.29 is 4.74 Å². The van der Waals surface area contributed by atoms with Gasteiger partial charge in [-0.25, -0.2) is 0 Å². The number of ether oxygens (including phenoxy) is 1. The Bertz CT molecular complexity index is 37.8. The summed E-state index contributed by atoms with van der Waals surface area (Å²) in [6.45, 7) is 0. The van der Waals surface area contributed by atoms with Gasteiger partial charge < -0.3 is 4.74 Å². The van der Waals surface area contributed by atoms with Gasteiger partial charge in [0.2, 0.25) is 0 Å². The highest BCUT2D eigenvalue weighted by atomic mass is 32.2. The normalized spacial score (nSPS) is 7.50. The molecule has 0 saturated carbocycles. The van der Waals surface area contributed by atoms with E-state index in [9.17, 15) is 0 Å². The molecule has 0 fully saturated rings. The Morgan fingerprint density at radius 1 is 1.83 bits per heavy atom. The highest BCUT2D eigenvalue weighted by Gasteiger charge is 1.71. The van der Waals surface area contributed by atoms with Gasteiger partial charge in [0.05, 0.1) is 0 Å². The van der Waals surface area contributed by atoms with E-state index < -0.39 is 0 Å². The number of hydrogen-bond acceptors (Lipinski definition) is 3. The molecule has 3 heteroatoms. The number of hydrogen-bond donors (Lipinski definition) is 0. The molecule has 35 valence electrons. The van der Waals surface area contributed by atoms with E-state index in [2.05, 4.69) is 17.0 Å². The number of rotatable bonds is 3. The summed E-state index contributed by atoms with van der Waals surface area (Å²) in [7, 11) is 0. The molecule has 0 atom stereocenters. The lowest BCUT2D eigenvalue weighted by atomic mass is 11.5. The molecule has 0 heterocycles. The van der Waals surface area contributed by atoms with Crippen LogP contribution in [0.3, 0.4) is 0 Å². The maximum atomic E-state index is 4.51. The quantitative estimate of drug-likeness (QED) is 0.413. The third-order valence-electron chi connectivity index (χ3n) is 0.207. The van der Waals surface area contributed by atoms with Crippen LogP contribution in [0.1, 0.15) is 0 Å². The second-order valence-electron chi connectivity index (χ2n) is 0.564. The maximum Gasteiger partial charge on any atom is 0.190 e. The first-order valence-corrected chi connectivity index (χ1v) is 3.11. The predicted molar refractivity (Wildman–Crippen MR) is 32.6 cm³/mol. The molecule has 0 aromatic rings. The van der Waals surface area contributed by atoms with Crippen LogP contribution in [0.5, 0.6) is 0 Å². The molecule has 0 amide bonds. The highest BCUT2D eigenvalue weighted by molar-refractivity contribution is 8.00. The van der Waals surface area contributed by atoms with Crippen molar-refractivity contribution in [1.82, 2.24) is 0 Å². The van der Waals surface area contributed by atoms with E-state index >= 15 is 0 Å². The fraction of sp³-hybridized carbons (Fsp3) is 0.333. The van der Waals surface area contributed by atoms with Gasteiger partial charge in [0.1, 0.15) is 5.55 Å². The number of thiocarbonyl (C=S) groups is 1. The summed E-state index contributed by atoms with van der Waals surface area (Å²) in [5, 5.41) is 0. The molecule has 6 heavy (non-hydrogen) atoms. The van der Waals surface area contributed by atoms with Crippen molar-refractivity contribution in [2.24, 2.45) is 0 Å². The van der Waals surface area contributed by atoms with Gasteiger partial charge in [0.15, 0.2) is 5.94 Å². The lowest BCUT2D eigenvalue weighted by Gasteiger charge is -1.86. The van der Waals surface area contributed by atoms with Gasteiger partial charge in [-0.15, -0.1) is 11.8 Å². The van der Waals surface area contributed by atoms with Gasteiger partial charge >= 0.3 is 0 Å². The van der Waals surface area contributed by atoms with Gasteiger partial charge in [0, 0.05) is 0 Å². The topological polar surface area (TPSA) is 9.23 Å². The lowest BCUT2D eigenvalue weighted by Crippen LogP contribution is -1.71. The Hall–Kier alpha value is 0.240. The molecular formula is C3H5OS2. The van der Waals surface area contributed by atoms with Crippen molar-refractivity contribution >= 4 is 29.5 Å². The zero-order chi connectivity index (χ0) is 4.83. The monoisotopic (exact) mass is 121 g/mol. The molecule has 0 rings (SSSR count). The summed E-state index contributed by atoms with van der Waals surface area (Å²) < 4.78 is 4.51. The van der Waals surface area contributed by atoms with Crippen LogP contribution >= 0.6 is 24.0 Å². The molecule has 1 radical (unpaired) electrons. The van der Waals surface area contributed by atoms with Crippen LogP contribution < -0.4 is 0 Å². The van der Waals surface area contributed by atoms with Gasteiger partial charge in [0.25, 0.3) is 0 Å². The van der Waals surface area contributed by atoms with Crippen molar-refractivity contribution in [2.45, 2.75) is 0 Å². The SMILES string of the molecule is CS[CH]OC=S. The zero-order valence-corrected chi connectivity index (χ0v) is 5.01. The maximum absolute atomic E-state index is 4.51. The molecule has 1 nitrogen and oxygen atoms in total. The van der Waals surface area contributed by atoms with Crippen LogP contribution in [-0.2, 0) is 4.74 Å². The van der Waals surface area contributed by atoms with Crippen LogP contribution in [0, 0.1) is 5.94 Å². The predicted octanol–water partition coefficient (Wildman–Crippen LogP) is 1.44. The van der Waals surface area contributed by atoms with Crippen molar-refractivity contribution in [1.29, 1.82) is 0 Å². The summed E-state index contributed by atoms with van der Waals surface area (Å²) in [4.78, 5) is 0. The molecule has 0 bridgehead atoms. The summed E-state index contributed by atoms with van der Waals surface area (Å²) in [5.41, 5.74) is 1.22. The molecule has 0 spiro atoms. The Balaban J connectivity index is 2.49. The zero-order valence-electron chi connectivity index (χ0n) is 3.38. The second-order valence-corrected chi connectivity index (χ2v) is 1.42. The average molecular weight is 121 g/mol. The van der Waals surface area contributed by atoms with Crippen molar-refractivity contribution in [3.8, 4) is 0 Å². The Kier molecular flexibility index (Phi) is 5.45. The minimum atomic E-state index is 1.22. The van der Waals surface area contributed by atoms with Gasteiger partial charge in [-0.2, -0.15) is 0 Å². The molecule has 0 aliphatic rings. The van der Waals surface area contributed by atoms with Crippen LogP contribution in [0.2, 0.25) is 0 Å². The van der Waals surface area contributed by atoms with Crippen LogP contribution in [0.4, 0.5) is 0 Å². The fourth-order valence-electron chi connectivity index (χ4n) is 0.0782. The summed E-state index contributed by atoms with van der Waals surface area (Å²) in [6.07, 6.45) is 1.90. The van der Waals surface area contributed by atoms with Gasteiger partial charge in [-0.3, -0.25) is 0 Å². The fourth-order valence-corrected chi connectivity index (χ4v) is 0.371. The van der Waals surface area contributed by atoms with E-state index in [1.807, 2.05) is 6.26 Å². The molecule has 0 aromatic carbocycles. The molecule has 0 aliphatic carbocycles. The Morgan fingerprint density at radius 3 is 2.67 bits per heavy atom. The largest absolute Gasteiger partial charge is 0.471 e. The Labute approximate surface area is 47.1 Å². The van der Waals surface area contributed by atoms with Crippen LogP contribution in [0.25, 0.3) is 0 Å². The van der Waals surface area contributed by atoms with Crippen molar-refractivity contribution in [3.63, 3.8) is 0 Å². The van der Waals surface area contributed by atoms with Crippen LogP contribution in [0.15, 0.2) is 0 Å². The minimum absolute atomic E-state index is 1.22. The molecule has 0 aromatic heterocycles. The van der Waals surface area contributed by atoms with E-state index in [0.717, 1.165) is 0 Å². The molecule has 0 saturated heterocycles. The van der Waals surface area contributed by atoms with Gasteiger partial charge in [-0.1, -0.05) is 0 Å². The minimum Gasteiger partial charge on any atom is -0.471 e. The van der Waals surface area contributed by atoms with E-state index in [1.165, 1.54) is 17.3 Å². The summed E-state index contributed by atoms with van der Waals surface area (Å²) >= 11 is 5.81. The number of thioether (sulfide) groups is 1. The van der Waals surface area contributed by atoms with Crippen molar-refractivity contribution in [3.05, 3.63) is 5.94 Å². The first-order valence-electron chi connectivity index (χ1n) is 1.35. The van der Waals surface area contributed by atoms with Crippen molar-refractivity contribution in [2.75, 3.05) is 6.26 Å².